The van der Waals surface area contributed by atoms with Crippen molar-refractivity contribution >= 4 is 11.8 Å². The van der Waals surface area contributed by atoms with E-state index in [0.717, 1.165) is 31.3 Å². The molecule has 2 rings (SSSR count). The number of thioether (sulfide) groups is 1. The van der Waals surface area contributed by atoms with Crippen molar-refractivity contribution in [2.24, 2.45) is 5.92 Å². The third kappa shape index (κ3) is 3.98. The molecular weight excluding hydrogens is 232 g/mol. The van der Waals surface area contributed by atoms with Crippen LogP contribution in [0.15, 0.2) is 23.4 Å². The first-order valence-corrected chi connectivity index (χ1v) is 7.02. The first-order valence-electron chi connectivity index (χ1n) is 6.14. The van der Waals surface area contributed by atoms with Crippen LogP contribution in [-0.2, 0) is 11.3 Å². The molecule has 1 fully saturated rings. The normalized spacial score (nSPS) is 16.2. The van der Waals surface area contributed by atoms with E-state index < -0.39 is 0 Å². The second-order valence-electron chi connectivity index (χ2n) is 4.77. The number of hydrogen-bond donors (Lipinski definition) is 1. The Morgan fingerprint density at radius 2 is 2.35 bits per heavy atom. The SMILES string of the molecule is CC(C)CNCc1cccnc1SC1COC1. The molecule has 1 aromatic rings. The highest BCUT2D eigenvalue weighted by atomic mass is 32.2. The van der Waals surface area contributed by atoms with Crippen LogP contribution in [0.25, 0.3) is 0 Å². The first-order chi connectivity index (χ1) is 8.25. The van der Waals surface area contributed by atoms with Gasteiger partial charge in [-0.15, -0.1) is 0 Å². The zero-order valence-electron chi connectivity index (χ0n) is 10.5. The van der Waals surface area contributed by atoms with Crippen LogP contribution in [0.1, 0.15) is 19.4 Å². The summed E-state index contributed by atoms with van der Waals surface area (Å²) in [5.74, 6) is 0.683. The van der Waals surface area contributed by atoms with E-state index in [0.29, 0.717) is 11.2 Å². The number of ether oxygens (including phenoxy) is 1. The summed E-state index contributed by atoms with van der Waals surface area (Å²) in [4.78, 5) is 4.47. The average molecular weight is 252 g/mol. The molecule has 1 aliphatic rings. The van der Waals surface area contributed by atoms with E-state index in [1.165, 1.54) is 5.56 Å². The Morgan fingerprint density at radius 3 is 3.00 bits per heavy atom. The Bertz CT molecular complexity index is 353. The Balaban J connectivity index is 1.90. The number of nitrogens with one attached hydrogen (secondary N) is 1. The van der Waals surface area contributed by atoms with Gasteiger partial charge in [0.1, 0.15) is 5.03 Å². The summed E-state index contributed by atoms with van der Waals surface area (Å²) < 4.78 is 5.20. The van der Waals surface area contributed by atoms with Crippen LogP contribution in [0.4, 0.5) is 0 Å². The van der Waals surface area contributed by atoms with Crippen LogP contribution in [0.5, 0.6) is 0 Å². The molecule has 1 saturated heterocycles. The lowest BCUT2D eigenvalue weighted by atomic mass is 10.2. The monoisotopic (exact) mass is 252 g/mol. The Kier molecular flexibility index (Phi) is 4.83. The number of rotatable bonds is 6. The van der Waals surface area contributed by atoms with Gasteiger partial charge in [-0.25, -0.2) is 4.98 Å². The van der Waals surface area contributed by atoms with Gasteiger partial charge in [0.05, 0.1) is 18.5 Å². The van der Waals surface area contributed by atoms with Gasteiger partial charge < -0.3 is 10.1 Å². The van der Waals surface area contributed by atoms with E-state index in [9.17, 15) is 0 Å². The van der Waals surface area contributed by atoms with E-state index in [2.05, 4.69) is 30.2 Å². The lowest BCUT2D eigenvalue weighted by Crippen LogP contribution is -2.30. The van der Waals surface area contributed by atoms with Crippen molar-refractivity contribution in [1.29, 1.82) is 0 Å². The maximum absolute atomic E-state index is 5.20. The predicted octanol–water partition coefficient (Wildman–Crippen LogP) is 2.32. The second-order valence-corrected chi connectivity index (χ2v) is 6.06. The highest BCUT2D eigenvalue weighted by molar-refractivity contribution is 8.00. The van der Waals surface area contributed by atoms with Crippen molar-refractivity contribution in [2.45, 2.75) is 30.7 Å². The molecule has 2 heterocycles. The highest BCUT2D eigenvalue weighted by Crippen LogP contribution is 2.28. The molecule has 0 spiro atoms. The molecule has 0 unspecified atom stereocenters. The van der Waals surface area contributed by atoms with Crippen LogP contribution in [0.3, 0.4) is 0 Å². The van der Waals surface area contributed by atoms with Crippen molar-refractivity contribution in [3.8, 4) is 0 Å². The molecule has 0 saturated carbocycles. The Hall–Kier alpha value is -0.580. The van der Waals surface area contributed by atoms with Gasteiger partial charge in [0.15, 0.2) is 0 Å². The third-order valence-electron chi connectivity index (χ3n) is 2.60. The summed E-state index contributed by atoms with van der Waals surface area (Å²) >= 11 is 1.84. The Morgan fingerprint density at radius 1 is 1.53 bits per heavy atom. The molecule has 1 aliphatic heterocycles. The number of hydrogen-bond acceptors (Lipinski definition) is 4. The first kappa shape index (κ1) is 12.9. The summed E-state index contributed by atoms with van der Waals surface area (Å²) in [5.41, 5.74) is 1.30. The summed E-state index contributed by atoms with van der Waals surface area (Å²) in [6.07, 6.45) is 1.87. The lowest BCUT2D eigenvalue weighted by Gasteiger charge is -2.25. The van der Waals surface area contributed by atoms with Crippen LogP contribution in [-0.4, -0.2) is 30.0 Å². The summed E-state index contributed by atoms with van der Waals surface area (Å²) in [5, 5.41) is 5.21. The molecule has 0 radical (unpaired) electrons. The van der Waals surface area contributed by atoms with Gasteiger partial charge in [0.2, 0.25) is 0 Å². The van der Waals surface area contributed by atoms with Crippen molar-refractivity contribution in [3.05, 3.63) is 23.9 Å². The zero-order valence-corrected chi connectivity index (χ0v) is 11.3. The number of aromatic nitrogens is 1. The van der Waals surface area contributed by atoms with Crippen molar-refractivity contribution < 1.29 is 4.74 Å². The largest absolute Gasteiger partial charge is 0.379 e. The standard InChI is InChI=1S/C13H20N2OS/c1-10(2)6-14-7-11-4-3-5-15-13(11)17-12-8-16-9-12/h3-5,10,12,14H,6-9H2,1-2H3. The van der Waals surface area contributed by atoms with Crippen LogP contribution in [0.2, 0.25) is 0 Å². The molecule has 3 nitrogen and oxygen atoms in total. The third-order valence-corrected chi connectivity index (χ3v) is 3.80. The smallest absolute Gasteiger partial charge is 0.101 e. The minimum Gasteiger partial charge on any atom is -0.379 e. The predicted molar refractivity (Wildman–Crippen MR) is 71.2 cm³/mol. The van der Waals surface area contributed by atoms with E-state index in [-0.39, 0.29) is 0 Å². The van der Waals surface area contributed by atoms with Gasteiger partial charge in [-0.2, -0.15) is 0 Å². The van der Waals surface area contributed by atoms with E-state index in [1.807, 2.05) is 24.0 Å². The van der Waals surface area contributed by atoms with Crippen LogP contribution in [0, 0.1) is 5.92 Å². The van der Waals surface area contributed by atoms with E-state index in [1.54, 1.807) is 0 Å². The molecule has 0 bridgehead atoms. The minimum absolute atomic E-state index is 0.591. The zero-order chi connectivity index (χ0) is 12.1. The molecular formula is C13H20N2OS. The van der Waals surface area contributed by atoms with Gasteiger partial charge in [0.25, 0.3) is 0 Å². The summed E-state index contributed by atoms with van der Waals surface area (Å²) in [6, 6.07) is 4.16. The molecule has 0 amide bonds. The van der Waals surface area contributed by atoms with Crippen molar-refractivity contribution in [1.82, 2.24) is 10.3 Å². The van der Waals surface area contributed by atoms with E-state index in [4.69, 9.17) is 4.74 Å². The maximum atomic E-state index is 5.20. The highest BCUT2D eigenvalue weighted by Gasteiger charge is 2.21. The van der Waals surface area contributed by atoms with Crippen molar-refractivity contribution in [3.63, 3.8) is 0 Å². The fraction of sp³-hybridized carbons (Fsp3) is 0.615. The van der Waals surface area contributed by atoms with Gasteiger partial charge >= 0.3 is 0 Å². The number of nitrogens with zero attached hydrogens (tertiary/aromatic N) is 1. The minimum atomic E-state index is 0.591. The fourth-order valence-electron chi connectivity index (χ4n) is 1.60. The van der Waals surface area contributed by atoms with Gasteiger partial charge in [-0.05, 0) is 24.1 Å². The molecule has 0 aromatic carbocycles. The maximum Gasteiger partial charge on any atom is 0.101 e. The summed E-state index contributed by atoms with van der Waals surface area (Å²) in [6.45, 7) is 8.11. The van der Waals surface area contributed by atoms with Gasteiger partial charge in [-0.1, -0.05) is 31.7 Å². The number of pyridine rings is 1. The topological polar surface area (TPSA) is 34.2 Å². The van der Waals surface area contributed by atoms with Crippen molar-refractivity contribution in [2.75, 3.05) is 19.8 Å². The average Bonchev–Trinajstić information content (AvgIpc) is 2.25. The van der Waals surface area contributed by atoms with Gasteiger partial charge in [0, 0.05) is 12.7 Å². The van der Waals surface area contributed by atoms with Gasteiger partial charge in [-0.3, -0.25) is 0 Å². The Labute approximate surface area is 107 Å². The van der Waals surface area contributed by atoms with Crippen LogP contribution < -0.4 is 5.32 Å². The van der Waals surface area contributed by atoms with E-state index >= 15 is 0 Å². The molecule has 1 aromatic heterocycles. The molecule has 17 heavy (non-hydrogen) atoms. The van der Waals surface area contributed by atoms with Crippen LogP contribution >= 0.6 is 11.8 Å². The fourth-order valence-corrected chi connectivity index (χ4v) is 2.66. The summed E-state index contributed by atoms with van der Waals surface area (Å²) in [7, 11) is 0. The molecule has 4 heteroatoms. The second kappa shape index (κ2) is 6.38. The molecule has 1 N–H and O–H groups in total. The molecule has 0 aliphatic carbocycles. The quantitative estimate of drug-likeness (QED) is 0.842. The molecule has 94 valence electrons. The lowest BCUT2D eigenvalue weighted by molar-refractivity contribution is 0.0454. The molecule has 0 atom stereocenters.